The lowest BCUT2D eigenvalue weighted by Gasteiger charge is -2.35. The van der Waals surface area contributed by atoms with Gasteiger partial charge >= 0.3 is 6.09 Å². The highest BCUT2D eigenvalue weighted by molar-refractivity contribution is 6.76. The van der Waals surface area contributed by atoms with Crippen LogP contribution in [-0.4, -0.2) is 81.9 Å². The number of quaternary nitrogens is 1. The number of benzene rings is 1. The number of hydrogen-bond acceptors (Lipinski definition) is 7. The van der Waals surface area contributed by atoms with Crippen molar-refractivity contribution in [3.8, 4) is 11.1 Å². The smallest absolute Gasteiger partial charge is 0.414 e. The number of aromatic nitrogens is 2. The fourth-order valence-electron chi connectivity index (χ4n) is 4.41. The van der Waals surface area contributed by atoms with Gasteiger partial charge in [0.15, 0.2) is 6.04 Å². The first-order chi connectivity index (χ1) is 16.9. The summed E-state index contributed by atoms with van der Waals surface area (Å²) in [5.74, 6) is -1.48. The number of cyclic esters (lactones) is 1. The summed E-state index contributed by atoms with van der Waals surface area (Å²) in [6.45, 7) is 3.31. The Hall–Kier alpha value is -2.73. The first-order valence-corrected chi connectivity index (χ1v) is 12.2. The Balaban J connectivity index is 1.51. The standard InChI is InChI=1S/C22H22Cl3FN6O4/c1-13(18(27)33)32(8-9-36-21(32)35)15-2-3-16(17(26)10-15)14-11-28-20(29-12-14)31-6-4-30(5-7-31)19(34)22(23,24)25/h2-3,10-13H,4-9H2,1H3,(H-,27,33)/p+1. The number of primary amides is 1. The van der Waals surface area contributed by atoms with Gasteiger partial charge in [0.05, 0.1) is 0 Å². The average Bonchev–Trinajstić information content (AvgIpc) is 3.24. The second-order valence-corrected chi connectivity index (χ2v) is 10.8. The molecule has 2 atom stereocenters. The number of piperazine rings is 1. The van der Waals surface area contributed by atoms with Gasteiger partial charge in [0, 0.05) is 61.8 Å². The highest BCUT2D eigenvalue weighted by Gasteiger charge is 2.53. The summed E-state index contributed by atoms with van der Waals surface area (Å²) in [5, 5.41) is 0. The molecule has 3 amide bonds. The average molecular weight is 561 g/mol. The third-order valence-electron chi connectivity index (χ3n) is 6.52. The van der Waals surface area contributed by atoms with Gasteiger partial charge in [0.25, 0.3) is 15.6 Å². The van der Waals surface area contributed by atoms with Crippen LogP contribution < -0.4 is 15.1 Å². The van der Waals surface area contributed by atoms with Crippen molar-refractivity contribution in [2.24, 2.45) is 5.73 Å². The van der Waals surface area contributed by atoms with Crippen LogP contribution in [0.5, 0.6) is 0 Å². The maximum absolute atomic E-state index is 15.2. The second-order valence-electron chi connectivity index (χ2n) is 8.50. The normalized spacial score (nSPS) is 21.3. The van der Waals surface area contributed by atoms with Crippen LogP contribution in [0.2, 0.25) is 0 Å². The minimum Gasteiger partial charge on any atom is -0.414 e. The molecule has 0 bridgehead atoms. The van der Waals surface area contributed by atoms with Crippen molar-refractivity contribution in [2.75, 3.05) is 44.2 Å². The van der Waals surface area contributed by atoms with E-state index in [1.807, 2.05) is 4.90 Å². The van der Waals surface area contributed by atoms with Crippen LogP contribution in [0.15, 0.2) is 30.6 Å². The van der Waals surface area contributed by atoms with Gasteiger partial charge in [-0.3, -0.25) is 9.59 Å². The van der Waals surface area contributed by atoms with E-state index in [9.17, 15) is 14.4 Å². The number of rotatable bonds is 5. The van der Waals surface area contributed by atoms with Crippen molar-refractivity contribution in [1.82, 2.24) is 19.4 Å². The molecular weight excluding hydrogens is 538 g/mol. The second kappa shape index (κ2) is 9.97. The minimum absolute atomic E-state index is 0.0993. The maximum Gasteiger partial charge on any atom is 0.522 e. The van der Waals surface area contributed by atoms with E-state index in [4.69, 9.17) is 45.3 Å². The van der Waals surface area contributed by atoms with Crippen LogP contribution in [0.1, 0.15) is 6.92 Å². The van der Waals surface area contributed by atoms with Crippen LogP contribution >= 0.6 is 34.8 Å². The molecule has 1 aromatic carbocycles. The molecule has 2 aromatic rings. The van der Waals surface area contributed by atoms with Crippen molar-refractivity contribution < 1.29 is 23.5 Å². The maximum atomic E-state index is 15.2. The van der Waals surface area contributed by atoms with Gasteiger partial charge < -0.3 is 20.3 Å². The zero-order valence-corrected chi connectivity index (χ0v) is 21.4. The fourth-order valence-corrected chi connectivity index (χ4v) is 4.77. The third-order valence-corrected chi connectivity index (χ3v) is 7.01. The summed E-state index contributed by atoms with van der Waals surface area (Å²) in [6.07, 6.45) is 2.32. The molecule has 2 unspecified atom stereocenters. The third kappa shape index (κ3) is 4.80. The van der Waals surface area contributed by atoms with Gasteiger partial charge in [0.1, 0.15) is 24.7 Å². The molecular formula is C22H23Cl3FN6O4+. The number of nitrogens with zero attached hydrogens (tertiary/aromatic N) is 5. The number of hydrogen-bond donors (Lipinski definition) is 1. The van der Waals surface area contributed by atoms with Crippen LogP contribution in [0.4, 0.5) is 20.8 Å². The summed E-state index contributed by atoms with van der Waals surface area (Å²) in [5.41, 5.74) is 6.38. The number of ether oxygens (including phenoxy) is 1. The number of nitrogens with two attached hydrogens (primary N) is 1. The van der Waals surface area contributed by atoms with Crippen molar-refractivity contribution in [3.05, 3.63) is 36.4 Å². The Labute approximate surface area is 221 Å². The molecule has 14 heteroatoms. The lowest BCUT2D eigenvalue weighted by atomic mass is 10.1. The summed E-state index contributed by atoms with van der Waals surface area (Å²) in [7, 11) is 0. The van der Waals surface area contributed by atoms with Crippen LogP contribution in [0.25, 0.3) is 11.1 Å². The van der Waals surface area contributed by atoms with E-state index in [0.29, 0.717) is 37.7 Å². The summed E-state index contributed by atoms with van der Waals surface area (Å²) in [6, 6.07) is 3.34. The molecule has 192 valence electrons. The van der Waals surface area contributed by atoms with Crippen molar-refractivity contribution in [3.63, 3.8) is 0 Å². The molecule has 2 aliphatic rings. The highest BCUT2D eigenvalue weighted by Crippen LogP contribution is 2.35. The highest BCUT2D eigenvalue weighted by atomic mass is 35.6. The van der Waals surface area contributed by atoms with Gasteiger partial charge in [-0.15, -0.1) is 0 Å². The van der Waals surface area contributed by atoms with Crippen LogP contribution in [0.3, 0.4) is 0 Å². The molecule has 2 N–H and O–H groups in total. The molecule has 2 aliphatic heterocycles. The van der Waals surface area contributed by atoms with Gasteiger partial charge in [-0.1, -0.05) is 34.8 Å². The summed E-state index contributed by atoms with van der Waals surface area (Å²) in [4.78, 5) is 48.6. The van der Waals surface area contributed by atoms with Gasteiger partial charge in [-0.2, -0.15) is 9.28 Å². The Bertz CT molecular complexity index is 1190. The van der Waals surface area contributed by atoms with Crippen molar-refractivity contribution in [1.29, 1.82) is 0 Å². The number of halogens is 4. The topological polar surface area (TPSA) is 119 Å². The largest absolute Gasteiger partial charge is 0.522 e. The quantitative estimate of drug-likeness (QED) is 0.441. The number of amides is 3. The number of carbonyl (C=O) groups excluding carboxylic acids is 3. The van der Waals surface area contributed by atoms with E-state index in [-0.39, 0.29) is 24.4 Å². The molecule has 36 heavy (non-hydrogen) atoms. The molecule has 2 saturated heterocycles. The van der Waals surface area contributed by atoms with Gasteiger partial charge in [-0.05, 0) is 13.0 Å². The van der Waals surface area contributed by atoms with E-state index in [0.717, 1.165) is 0 Å². The first kappa shape index (κ1) is 26.3. The molecule has 0 aliphatic carbocycles. The summed E-state index contributed by atoms with van der Waals surface area (Å²) < 4.78 is 17.8. The number of carbonyl (C=O) groups is 3. The molecule has 0 saturated carbocycles. The predicted octanol–water partition coefficient (Wildman–Crippen LogP) is 2.63. The number of alkyl halides is 3. The van der Waals surface area contributed by atoms with Crippen molar-refractivity contribution >= 4 is 64.3 Å². The van der Waals surface area contributed by atoms with Crippen molar-refractivity contribution in [2.45, 2.75) is 16.8 Å². The van der Waals surface area contributed by atoms with Crippen LogP contribution in [0, 0.1) is 5.82 Å². The molecule has 1 aromatic heterocycles. The molecule has 2 fully saturated rings. The van der Waals surface area contributed by atoms with E-state index < -0.39 is 38.0 Å². The fraction of sp³-hybridized carbons (Fsp3) is 0.409. The minimum atomic E-state index is -2.01. The first-order valence-electron chi connectivity index (χ1n) is 11.0. The molecule has 10 nitrogen and oxygen atoms in total. The zero-order chi connectivity index (χ0) is 26.3. The lowest BCUT2D eigenvalue weighted by Crippen LogP contribution is -2.61. The summed E-state index contributed by atoms with van der Waals surface area (Å²) >= 11 is 17.0. The Morgan fingerprint density at radius 2 is 1.81 bits per heavy atom. The van der Waals surface area contributed by atoms with E-state index >= 15 is 4.39 Å². The van der Waals surface area contributed by atoms with Gasteiger partial charge in [-0.25, -0.2) is 14.4 Å². The Morgan fingerprint density at radius 1 is 1.17 bits per heavy atom. The molecule has 0 radical (unpaired) electrons. The molecule has 0 spiro atoms. The molecule has 4 rings (SSSR count). The van der Waals surface area contributed by atoms with Crippen LogP contribution in [-0.2, 0) is 14.3 Å². The Kier molecular flexibility index (Phi) is 7.29. The number of anilines is 1. The lowest BCUT2D eigenvalue weighted by molar-refractivity contribution is -0.130. The SMILES string of the molecule is CC(C(N)=O)[N+]1(c2ccc(-c3cnc(N4CCN(C(=O)C(Cl)(Cl)Cl)CC4)nc3)c(F)c2)CCOC1=O. The van der Waals surface area contributed by atoms with E-state index in [2.05, 4.69) is 9.97 Å². The zero-order valence-electron chi connectivity index (χ0n) is 19.2. The van der Waals surface area contributed by atoms with E-state index in [1.54, 1.807) is 6.07 Å². The predicted molar refractivity (Wildman–Crippen MR) is 133 cm³/mol. The van der Waals surface area contributed by atoms with E-state index in [1.165, 1.54) is 36.4 Å². The van der Waals surface area contributed by atoms with Gasteiger partial charge in [0.2, 0.25) is 5.95 Å². The molecule has 3 heterocycles. The monoisotopic (exact) mass is 559 g/mol. The Morgan fingerprint density at radius 3 is 2.31 bits per heavy atom.